The summed E-state index contributed by atoms with van der Waals surface area (Å²) in [6, 6.07) is 19.0. The molecule has 2 aromatic rings. The van der Waals surface area contributed by atoms with Gasteiger partial charge in [-0.25, -0.2) is 0 Å². The van der Waals surface area contributed by atoms with E-state index >= 15 is 0 Å². The molecule has 0 aliphatic carbocycles. The highest BCUT2D eigenvalue weighted by Gasteiger charge is 2.28. The number of hydrogen-bond donors (Lipinski definition) is 2. The smallest absolute Gasteiger partial charge is 0.224 e. The molecule has 1 aliphatic heterocycles. The van der Waals surface area contributed by atoms with Crippen LogP contribution in [0.1, 0.15) is 42.5 Å². The molecule has 1 aliphatic rings. The molecule has 1 atom stereocenters. The lowest BCUT2D eigenvalue weighted by Crippen LogP contribution is -3.11. The first-order chi connectivity index (χ1) is 12.1. The molecule has 132 valence electrons. The van der Waals surface area contributed by atoms with Crippen molar-refractivity contribution >= 4 is 5.91 Å². The maximum absolute atomic E-state index is 12.6. The SMILES string of the molecule is Cc1cccc(C[NH+]2CCC(C(=O)N[C@H](C)c3ccccc3)CC2)c1. The molecule has 1 amide bonds. The summed E-state index contributed by atoms with van der Waals surface area (Å²) in [7, 11) is 0. The lowest BCUT2D eigenvalue weighted by atomic mass is 9.94. The highest BCUT2D eigenvalue weighted by molar-refractivity contribution is 5.79. The van der Waals surface area contributed by atoms with Crippen LogP contribution in [-0.4, -0.2) is 19.0 Å². The van der Waals surface area contributed by atoms with Gasteiger partial charge in [0.1, 0.15) is 6.54 Å². The van der Waals surface area contributed by atoms with E-state index in [1.165, 1.54) is 16.7 Å². The second-order valence-electron chi connectivity index (χ2n) is 7.33. The third-order valence-electron chi connectivity index (χ3n) is 5.26. The maximum atomic E-state index is 12.6. The van der Waals surface area contributed by atoms with E-state index in [1.54, 1.807) is 4.90 Å². The molecule has 0 bridgehead atoms. The normalized spacial score (nSPS) is 21.5. The third-order valence-corrected chi connectivity index (χ3v) is 5.26. The molecule has 0 unspecified atom stereocenters. The molecule has 0 spiro atoms. The maximum Gasteiger partial charge on any atom is 0.224 e. The molecule has 0 aromatic heterocycles. The van der Waals surface area contributed by atoms with Crippen molar-refractivity contribution in [1.29, 1.82) is 0 Å². The van der Waals surface area contributed by atoms with E-state index in [-0.39, 0.29) is 17.9 Å². The first-order valence-corrected chi connectivity index (χ1v) is 9.36. The Morgan fingerprint density at radius 1 is 1.12 bits per heavy atom. The third kappa shape index (κ3) is 4.93. The van der Waals surface area contributed by atoms with Crippen LogP contribution in [0, 0.1) is 12.8 Å². The van der Waals surface area contributed by atoms with Gasteiger partial charge in [-0.3, -0.25) is 4.79 Å². The van der Waals surface area contributed by atoms with Gasteiger partial charge < -0.3 is 10.2 Å². The van der Waals surface area contributed by atoms with Gasteiger partial charge in [-0.2, -0.15) is 0 Å². The standard InChI is InChI=1S/C22H28N2O/c1-17-7-6-8-19(15-17)16-24-13-11-21(12-14-24)22(25)23-18(2)20-9-4-3-5-10-20/h3-10,15,18,21H,11-14,16H2,1-2H3,(H,23,25)/p+1/t18-/m1/s1. The molecule has 3 rings (SSSR count). The van der Waals surface area contributed by atoms with Crippen LogP contribution in [0.4, 0.5) is 0 Å². The van der Waals surface area contributed by atoms with Crippen LogP contribution in [-0.2, 0) is 11.3 Å². The molecule has 2 aromatic carbocycles. The van der Waals surface area contributed by atoms with E-state index in [0.717, 1.165) is 32.5 Å². The quantitative estimate of drug-likeness (QED) is 0.864. The van der Waals surface area contributed by atoms with Crippen LogP contribution in [0.5, 0.6) is 0 Å². The second-order valence-corrected chi connectivity index (χ2v) is 7.33. The Kier molecular flexibility index (Phi) is 5.87. The van der Waals surface area contributed by atoms with Gasteiger partial charge >= 0.3 is 0 Å². The summed E-state index contributed by atoms with van der Waals surface area (Å²) in [6.45, 7) is 7.42. The number of hydrogen-bond acceptors (Lipinski definition) is 1. The van der Waals surface area contributed by atoms with Gasteiger partial charge in [-0.1, -0.05) is 60.2 Å². The fourth-order valence-electron chi connectivity index (χ4n) is 3.73. The molecule has 2 N–H and O–H groups in total. The van der Waals surface area contributed by atoms with Crippen molar-refractivity contribution < 1.29 is 9.69 Å². The van der Waals surface area contributed by atoms with Gasteiger partial charge in [0.2, 0.25) is 5.91 Å². The number of piperidine rings is 1. The first kappa shape index (κ1) is 17.7. The molecular formula is C22H29N2O+. The summed E-state index contributed by atoms with van der Waals surface area (Å²) in [5, 5.41) is 3.19. The van der Waals surface area contributed by atoms with Gasteiger partial charge in [0.15, 0.2) is 0 Å². The van der Waals surface area contributed by atoms with Crippen molar-refractivity contribution in [3.05, 3.63) is 71.3 Å². The Hall–Kier alpha value is -2.13. The van der Waals surface area contributed by atoms with Crippen LogP contribution in [0.15, 0.2) is 54.6 Å². The van der Waals surface area contributed by atoms with Crippen molar-refractivity contribution in [3.63, 3.8) is 0 Å². The number of nitrogens with one attached hydrogen (secondary N) is 2. The van der Waals surface area contributed by atoms with Crippen LogP contribution in [0.25, 0.3) is 0 Å². The lowest BCUT2D eigenvalue weighted by molar-refractivity contribution is -0.919. The zero-order valence-corrected chi connectivity index (χ0v) is 15.3. The van der Waals surface area contributed by atoms with E-state index in [0.29, 0.717) is 0 Å². The number of likely N-dealkylation sites (tertiary alicyclic amines) is 1. The van der Waals surface area contributed by atoms with Crippen LogP contribution in [0.3, 0.4) is 0 Å². The fourth-order valence-corrected chi connectivity index (χ4v) is 3.73. The minimum absolute atomic E-state index is 0.0753. The Morgan fingerprint density at radius 2 is 1.84 bits per heavy atom. The zero-order chi connectivity index (χ0) is 17.6. The minimum Gasteiger partial charge on any atom is -0.349 e. The van der Waals surface area contributed by atoms with Crippen molar-refractivity contribution in [2.45, 2.75) is 39.3 Å². The van der Waals surface area contributed by atoms with Crippen molar-refractivity contribution in [3.8, 4) is 0 Å². The second kappa shape index (κ2) is 8.30. The van der Waals surface area contributed by atoms with Gasteiger partial charge in [0.25, 0.3) is 0 Å². The van der Waals surface area contributed by atoms with Crippen molar-refractivity contribution in [1.82, 2.24) is 5.32 Å². The predicted molar refractivity (Wildman–Crippen MR) is 101 cm³/mol. The fraction of sp³-hybridized carbons (Fsp3) is 0.409. The largest absolute Gasteiger partial charge is 0.349 e. The molecule has 1 heterocycles. The minimum atomic E-state index is 0.0753. The van der Waals surface area contributed by atoms with Crippen LogP contribution < -0.4 is 10.2 Å². The zero-order valence-electron chi connectivity index (χ0n) is 15.3. The summed E-state index contributed by atoms with van der Waals surface area (Å²) in [5.41, 5.74) is 3.88. The van der Waals surface area contributed by atoms with E-state index in [1.807, 2.05) is 18.2 Å². The highest BCUT2D eigenvalue weighted by atomic mass is 16.1. The van der Waals surface area contributed by atoms with E-state index in [4.69, 9.17) is 0 Å². The lowest BCUT2D eigenvalue weighted by Gasteiger charge is -2.29. The van der Waals surface area contributed by atoms with Crippen molar-refractivity contribution in [2.24, 2.45) is 5.92 Å². The van der Waals surface area contributed by atoms with Crippen LogP contribution >= 0.6 is 0 Å². The van der Waals surface area contributed by atoms with E-state index in [9.17, 15) is 4.79 Å². The topological polar surface area (TPSA) is 33.5 Å². The Balaban J connectivity index is 1.47. The van der Waals surface area contributed by atoms with Gasteiger partial charge in [-0.05, 0) is 19.4 Å². The van der Waals surface area contributed by atoms with Gasteiger partial charge in [0, 0.05) is 24.3 Å². The summed E-state index contributed by atoms with van der Waals surface area (Å²) in [5.74, 6) is 0.374. The molecular weight excluding hydrogens is 308 g/mol. The number of benzene rings is 2. The number of amides is 1. The average molecular weight is 337 g/mol. The Morgan fingerprint density at radius 3 is 2.52 bits per heavy atom. The predicted octanol–water partition coefficient (Wildman–Crippen LogP) is 2.67. The highest BCUT2D eigenvalue weighted by Crippen LogP contribution is 2.15. The summed E-state index contributed by atoms with van der Waals surface area (Å²) in [6.07, 6.45) is 1.96. The Labute approximate surface area is 151 Å². The number of rotatable bonds is 5. The number of quaternary nitrogens is 1. The van der Waals surface area contributed by atoms with Crippen LogP contribution in [0.2, 0.25) is 0 Å². The number of carbonyl (C=O) groups is 1. The molecule has 1 fully saturated rings. The average Bonchev–Trinajstić information content (AvgIpc) is 2.63. The van der Waals surface area contributed by atoms with E-state index < -0.39 is 0 Å². The molecule has 0 radical (unpaired) electrons. The molecule has 25 heavy (non-hydrogen) atoms. The summed E-state index contributed by atoms with van der Waals surface area (Å²) in [4.78, 5) is 14.2. The monoisotopic (exact) mass is 337 g/mol. The van der Waals surface area contributed by atoms with Gasteiger partial charge in [0.05, 0.1) is 19.1 Å². The molecule has 3 nitrogen and oxygen atoms in total. The molecule has 3 heteroatoms. The molecule has 0 saturated carbocycles. The summed E-state index contributed by atoms with van der Waals surface area (Å²) < 4.78 is 0. The molecule has 1 saturated heterocycles. The first-order valence-electron chi connectivity index (χ1n) is 9.36. The summed E-state index contributed by atoms with van der Waals surface area (Å²) >= 11 is 0. The van der Waals surface area contributed by atoms with Gasteiger partial charge in [-0.15, -0.1) is 0 Å². The number of aryl methyl sites for hydroxylation is 1. The van der Waals surface area contributed by atoms with Crippen molar-refractivity contribution in [2.75, 3.05) is 13.1 Å². The number of carbonyl (C=O) groups excluding carboxylic acids is 1. The van der Waals surface area contributed by atoms with E-state index in [2.05, 4.69) is 55.6 Å². The Bertz CT molecular complexity index is 690.